The molecule has 1 heterocycles. The molecule has 19 heavy (non-hydrogen) atoms. The van der Waals surface area contributed by atoms with Gasteiger partial charge in [0.15, 0.2) is 0 Å². The lowest BCUT2D eigenvalue weighted by Gasteiger charge is -2.29. The molecule has 0 radical (unpaired) electrons. The van der Waals surface area contributed by atoms with Gasteiger partial charge in [-0.1, -0.05) is 18.9 Å². The van der Waals surface area contributed by atoms with Gasteiger partial charge in [0, 0.05) is 18.4 Å². The molecule has 1 aliphatic rings. The van der Waals surface area contributed by atoms with Crippen LogP contribution in [0.1, 0.15) is 44.2 Å². The molecule has 2 rings (SSSR count). The number of carboxylic acid groups (broad SMARTS) is 1. The maximum atomic E-state index is 11.2. The van der Waals surface area contributed by atoms with Crippen molar-refractivity contribution < 1.29 is 9.90 Å². The highest BCUT2D eigenvalue weighted by atomic mass is 16.4. The third-order valence-corrected chi connectivity index (χ3v) is 4.10. The van der Waals surface area contributed by atoms with Crippen LogP contribution in [0.4, 0.5) is 0 Å². The van der Waals surface area contributed by atoms with Crippen LogP contribution in [0, 0.1) is 11.8 Å². The summed E-state index contributed by atoms with van der Waals surface area (Å²) in [6, 6.07) is 4.18. The fraction of sp³-hybridized carbons (Fsp3) is 0.600. The van der Waals surface area contributed by atoms with Gasteiger partial charge in [0.1, 0.15) is 0 Å². The summed E-state index contributed by atoms with van der Waals surface area (Å²) in [5, 5.41) is 12.7. The highest BCUT2D eigenvalue weighted by Crippen LogP contribution is 2.30. The molecule has 0 spiro atoms. The molecule has 3 atom stereocenters. The average Bonchev–Trinajstić information content (AvgIpc) is 2.46. The molecule has 1 aromatic rings. The molecule has 1 saturated carbocycles. The lowest BCUT2D eigenvalue weighted by atomic mass is 9.79. The molecule has 0 aromatic carbocycles. The van der Waals surface area contributed by atoms with Gasteiger partial charge in [-0.2, -0.15) is 0 Å². The molecule has 0 aliphatic heterocycles. The van der Waals surface area contributed by atoms with Gasteiger partial charge >= 0.3 is 5.97 Å². The van der Waals surface area contributed by atoms with E-state index < -0.39 is 5.97 Å². The van der Waals surface area contributed by atoms with Crippen molar-refractivity contribution >= 4 is 5.97 Å². The maximum Gasteiger partial charge on any atom is 0.306 e. The quantitative estimate of drug-likeness (QED) is 0.856. The standard InChI is InChI=1S/C15H22N2O2/c1-11(12-6-4-8-16-9-12)17-10-13-5-2-3-7-14(13)15(18)19/h4,6,8-9,11,13-14,17H,2-3,5,7,10H2,1H3,(H,18,19). The average molecular weight is 262 g/mol. The third kappa shape index (κ3) is 3.77. The summed E-state index contributed by atoms with van der Waals surface area (Å²) >= 11 is 0. The molecule has 1 aliphatic carbocycles. The van der Waals surface area contributed by atoms with Crippen LogP contribution in [0.3, 0.4) is 0 Å². The molecular weight excluding hydrogens is 240 g/mol. The molecule has 2 N–H and O–H groups in total. The summed E-state index contributed by atoms with van der Waals surface area (Å²) in [5.41, 5.74) is 1.14. The van der Waals surface area contributed by atoms with Gasteiger partial charge in [-0.25, -0.2) is 0 Å². The molecule has 104 valence electrons. The van der Waals surface area contributed by atoms with E-state index in [1.54, 1.807) is 6.20 Å². The Morgan fingerprint density at radius 3 is 3.00 bits per heavy atom. The van der Waals surface area contributed by atoms with E-state index in [1.807, 2.05) is 18.3 Å². The van der Waals surface area contributed by atoms with E-state index in [-0.39, 0.29) is 17.9 Å². The van der Waals surface area contributed by atoms with Gasteiger partial charge < -0.3 is 10.4 Å². The van der Waals surface area contributed by atoms with Crippen molar-refractivity contribution in [2.75, 3.05) is 6.54 Å². The zero-order valence-corrected chi connectivity index (χ0v) is 11.4. The van der Waals surface area contributed by atoms with Crippen LogP contribution in [0.25, 0.3) is 0 Å². The lowest BCUT2D eigenvalue weighted by molar-refractivity contribution is -0.144. The number of aliphatic carboxylic acids is 1. The van der Waals surface area contributed by atoms with E-state index in [0.717, 1.165) is 37.8 Å². The minimum Gasteiger partial charge on any atom is -0.481 e. The van der Waals surface area contributed by atoms with Gasteiger partial charge in [-0.05, 0) is 43.9 Å². The largest absolute Gasteiger partial charge is 0.481 e. The van der Waals surface area contributed by atoms with Crippen LogP contribution < -0.4 is 5.32 Å². The molecule has 1 fully saturated rings. The Labute approximate surface area is 114 Å². The lowest BCUT2D eigenvalue weighted by Crippen LogP contribution is -2.35. The van der Waals surface area contributed by atoms with Crippen molar-refractivity contribution in [3.8, 4) is 0 Å². The Morgan fingerprint density at radius 1 is 1.53 bits per heavy atom. The predicted molar refractivity (Wildman–Crippen MR) is 73.7 cm³/mol. The number of carboxylic acids is 1. The fourth-order valence-corrected chi connectivity index (χ4v) is 2.86. The van der Waals surface area contributed by atoms with Crippen LogP contribution in [0.2, 0.25) is 0 Å². The zero-order valence-electron chi connectivity index (χ0n) is 11.4. The molecular formula is C15H22N2O2. The van der Waals surface area contributed by atoms with E-state index in [9.17, 15) is 9.90 Å². The molecule has 3 unspecified atom stereocenters. The zero-order chi connectivity index (χ0) is 13.7. The molecule has 0 amide bonds. The SMILES string of the molecule is CC(NCC1CCCCC1C(=O)O)c1cccnc1. The second kappa shape index (κ2) is 6.66. The molecule has 4 heteroatoms. The number of pyridine rings is 1. The molecule has 1 aromatic heterocycles. The minimum absolute atomic E-state index is 0.178. The Morgan fingerprint density at radius 2 is 2.32 bits per heavy atom. The van der Waals surface area contributed by atoms with E-state index in [4.69, 9.17) is 0 Å². The van der Waals surface area contributed by atoms with Gasteiger partial charge in [-0.3, -0.25) is 9.78 Å². The monoisotopic (exact) mass is 262 g/mol. The van der Waals surface area contributed by atoms with Crippen molar-refractivity contribution in [1.29, 1.82) is 0 Å². The first-order valence-corrected chi connectivity index (χ1v) is 7.04. The highest BCUT2D eigenvalue weighted by Gasteiger charge is 2.30. The Balaban J connectivity index is 1.88. The van der Waals surface area contributed by atoms with Crippen LogP contribution in [0.15, 0.2) is 24.5 Å². The van der Waals surface area contributed by atoms with Crippen molar-refractivity contribution in [3.63, 3.8) is 0 Å². The third-order valence-electron chi connectivity index (χ3n) is 4.10. The highest BCUT2D eigenvalue weighted by molar-refractivity contribution is 5.70. The van der Waals surface area contributed by atoms with Gasteiger partial charge in [0.2, 0.25) is 0 Å². The normalized spacial score (nSPS) is 24.9. The molecule has 0 bridgehead atoms. The van der Waals surface area contributed by atoms with Crippen molar-refractivity contribution in [3.05, 3.63) is 30.1 Å². The first-order valence-electron chi connectivity index (χ1n) is 7.04. The number of hydrogen-bond acceptors (Lipinski definition) is 3. The van der Waals surface area contributed by atoms with E-state index in [1.165, 1.54) is 0 Å². The van der Waals surface area contributed by atoms with Crippen molar-refractivity contribution in [2.24, 2.45) is 11.8 Å². The van der Waals surface area contributed by atoms with Gasteiger partial charge in [-0.15, -0.1) is 0 Å². The van der Waals surface area contributed by atoms with E-state index in [2.05, 4.69) is 17.2 Å². The summed E-state index contributed by atoms with van der Waals surface area (Å²) in [6.07, 6.45) is 7.65. The number of rotatable bonds is 5. The van der Waals surface area contributed by atoms with Crippen molar-refractivity contribution in [2.45, 2.75) is 38.6 Å². The van der Waals surface area contributed by atoms with Gasteiger partial charge in [0.05, 0.1) is 5.92 Å². The number of carbonyl (C=O) groups is 1. The van der Waals surface area contributed by atoms with E-state index in [0.29, 0.717) is 0 Å². The summed E-state index contributed by atoms with van der Waals surface area (Å²) < 4.78 is 0. The minimum atomic E-state index is -0.638. The second-order valence-electron chi connectivity index (χ2n) is 5.41. The second-order valence-corrected chi connectivity index (χ2v) is 5.41. The first-order chi connectivity index (χ1) is 9.18. The van der Waals surface area contributed by atoms with Gasteiger partial charge in [0.25, 0.3) is 0 Å². The van der Waals surface area contributed by atoms with Crippen LogP contribution >= 0.6 is 0 Å². The summed E-state index contributed by atoms with van der Waals surface area (Å²) in [4.78, 5) is 15.4. The van der Waals surface area contributed by atoms with Crippen LogP contribution in [-0.2, 0) is 4.79 Å². The summed E-state index contributed by atoms with van der Waals surface area (Å²) in [5.74, 6) is -0.562. The van der Waals surface area contributed by atoms with E-state index >= 15 is 0 Å². The Hall–Kier alpha value is -1.42. The Bertz CT molecular complexity index is 408. The maximum absolute atomic E-state index is 11.2. The Kier molecular flexibility index (Phi) is 4.91. The number of aromatic nitrogens is 1. The number of nitrogens with one attached hydrogen (secondary N) is 1. The van der Waals surface area contributed by atoms with Crippen LogP contribution in [0.5, 0.6) is 0 Å². The smallest absolute Gasteiger partial charge is 0.306 e. The summed E-state index contributed by atoms with van der Waals surface area (Å²) in [6.45, 7) is 2.86. The molecule has 0 saturated heterocycles. The number of hydrogen-bond donors (Lipinski definition) is 2. The van der Waals surface area contributed by atoms with Crippen molar-refractivity contribution in [1.82, 2.24) is 10.3 Å². The topological polar surface area (TPSA) is 62.2 Å². The fourth-order valence-electron chi connectivity index (χ4n) is 2.86. The summed E-state index contributed by atoms with van der Waals surface area (Å²) in [7, 11) is 0. The first kappa shape index (κ1) is 14.0. The predicted octanol–water partition coefficient (Wildman–Crippen LogP) is 2.62. The van der Waals surface area contributed by atoms with Crippen LogP contribution in [-0.4, -0.2) is 22.6 Å². The number of nitrogens with zero attached hydrogens (tertiary/aromatic N) is 1. The molecule has 4 nitrogen and oxygen atoms in total.